The van der Waals surface area contributed by atoms with Crippen molar-refractivity contribution in [2.45, 2.75) is 6.92 Å². The van der Waals surface area contributed by atoms with Crippen molar-refractivity contribution in [3.63, 3.8) is 0 Å². The summed E-state index contributed by atoms with van der Waals surface area (Å²) in [5.74, 6) is 1.98. The van der Waals surface area contributed by atoms with Gasteiger partial charge in [-0.3, -0.25) is 0 Å². The van der Waals surface area contributed by atoms with E-state index in [4.69, 9.17) is 5.73 Å². The molecule has 1 nitrogen and oxygen atoms in total. The standard InChI is InChI=1S/C5H6NP/c1-4-2-3-7-5(4)6/h2-3,7H,1H3. The molecule has 0 aromatic carbocycles. The first-order valence-electron chi connectivity index (χ1n) is 2.13. The van der Waals surface area contributed by atoms with Gasteiger partial charge in [-0.1, -0.05) is 6.07 Å². The van der Waals surface area contributed by atoms with E-state index in [1.54, 1.807) is 0 Å². The first kappa shape index (κ1) is 4.73. The van der Waals surface area contributed by atoms with Gasteiger partial charge in [0.2, 0.25) is 0 Å². The SMILES string of the molecule is Cc1cc[pH]c1[N]. The molecular weight excluding hydrogens is 105 g/mol. The van der Waals surface area contributed by atoms with E-state index in [1.807, 2.05) is 18.8 Å². The lowest BCUT2D eigenvalue weighted by molar-refractivity contribution is 1.46. The maximum Gasteiger partial charge on any atom is 0.104 e. The van der Waals surface area contributed by atoms with Crippen LogP contribution in [0.25, 0.3) is 0 Å². The van der Waals surface area contributed by atoms with E-state index in [1.165, 1.54) is 0 Å². The summed E-state index contributed by atoms with van der Waals surface area (Å²) in [6.45, 7) is 1.91. The molecule has 1 aromatic rings. The van der Waals surface area contributed by atoms with Crippen LogP contribution in [0.1, 0.15) is 5.56 Å². The quantitative estimate of drug-likeness (QED) is 0.486. The Bertz CT molecular complexity index is 140. The summed E-state index contributed by atoms with van der Waals surface area (Å²) in [5, 5.41) is 0. The molecule has 2 radical (unpaired) electrons. The van der Waals surface area contributed by atoms with E-state index >= 15 is 0 Å². The van der Waals surface area contributed by atoms with Crippen molar-refractivity contribution in [1.82, 2.24) is 5.73 Å². The molecule has 0 saturated carbocycles. The molecule has 0 aliphatic heterocycles. The summed E-state index contributed by atoms with van der Waals surface area (Å²) in [5.41, 5.74) is 10.4. The third kappa shape index (κ3) is 0.779. The topological polar surface area (TPSA) is 22.3 Å². The summed E-state index contributed by atoms with van der Waals surface area (Å²) in [6.07, 6.45) is 0. The fraction of sp³-hybridized carbons (Fsp3) is 0.200. The van der Waals surface area contributed by atoms with Gasteiger partial charge in [0.25, 0.3) is 0 Å². The minimum absolute atomic E-state index is 0.517. The summed E-state index contributed by atoms with van der Waals surface area (Å²) in [4.78, 5) is 0. The van der Waals surface area contributed by atoms with Crippen molar-refractivity contribution in [3.05, 3.63) is 17.4 Å². The maximum atomic E-state index is 8.83. The van der Waals surface area contributed by atoms with Crippen molar-refractivity contribution >= 4 is 13.6 Å². The lowest BCUT2D eigenvalue weighted by Gasteiger charge is -1.77. The first-order valence-corrected chi connectivity index (χ1v) is 3.21. The molecule has 7 heavy (non-hydrogen) atoms. The zero-order valence-electron chi connectivity index (χ0n) is 4.10. The lowest BCUT2D eigenvalue weighted by atomic mass is 10.4. The summed E-state index contributed by atoms with van der Waals surface area (Å²) in [7, 11) is 0.517. The fourth-order valence-corrected chi connectivity index (χ4v) is 1.24. The zero-order valence-corrected chi connectivity index (χ0v) is 5.10. The van der Waals surface area contributed by atoms with Gasteiger partial charge in [0.05, 0.1) is 0 Å². The van der Waals surface area contributed by atoms with Crippen molar-refractivity contribution in [2.75, 3.05) is 0 Å². The van der Waals surface area contributed by atoms with E-state index in [-0.39, 0.29) is 0 Å². The van der Waals surface area contributed by atoms with Crippen LogP contribution in [0, 0.1) is 6.92 Å². The highest BCUT2D eigenvalue weighted by atomic mass is 31.0. The van der Waals surface area contributed by atoms with Crippen molar-refractivity contribution in [3.8, 4) is 0 Å². The van der Waals surface area contributed by atoms with E-state index in [0.29, 0.717) is 13.6 Å². The Balaban J connectivity index is 3.12. The molecule has 1 atom stereocenters. The van der Waals surface area contributed by atoms with Gasteiger partial charge in [0.15, 0.2) is 0 Å². The number of nitrogens with zero attached hydrogens (tertiary/aromatic N) is 1. The van der Waals surface area contributed by atoms with Crippen LogP contribution in [0.4, 0.5) is 5.42 Å². The Hall–Kier alpha value is -0.420. The van der Waals surface area contributed by atoms with Gasteiger partial charge in [-0.25, -0.2) is 0 Å². The number of hydrogen-bond acceptors (Lipinski definition) is 0. The highest BCUT2D eigenvalue weighted by Crippen LogP contribution is 2.23. The summed E-state index contributed by atoms with van der Waals surface area (Å²) >= 11 is 0. The molecule has 0 N–H and O–H groups in total. The van der Waals surface area contributed by atoms with Crippen molar-refractivity contribution in [1.29, 1.82) is 0 Å². The Morgan fingerprint density at radius 1 is 1.71 bits per heavy atom. The Morgan fingerprint density at radius 3 is 2.57 bits per heavy atom. The van der Waals surface area contributed by atoms with Gasteiger partial charge in [-0.05, 0) is 18.3 Å². The molecular formula is C5H6NP. The first-order chi connectivity index (χ1) is 3.30. The molecule has 2 heteroatoms. The van der Waals surface area contributed by atoms with Crippen LogP contribution in [-0.4, -0.2) is 0 Å². The predicted octanol–water partition coefficient (Wildman–Crippen LogP) is 1.73. The second-order valence-corrected chi connectivity index (χ2v) is 2.60. The Morgan fingerprint density at radius 2 is 2.43 bits per heavy atom. The van der Waals surface area contributed by atoms with Crippen LogP contribution < -0.4 is 5.73 Å². The largest absolute Gasteiger partial charge is 0.146 e. The molecule has 0 saturated heterocycles. The van der Waals surface area contributed by atoms with Crippen LogP contribution in [0.5, 0.6) is 0 Å². The minimum Gasteiger partial charge on any atom is -0.146 e. The maximum absolute atomic E-state index is 8.83. The van der Waals surface area contributed by atoms with Crippen LogP contribution in [0.15, 0.2) is 11.9 Å². The Labute approximate surface area is 44.6 Å². The predicted molar refractivity (Wildman–Crippen MR) is 32.5 cm³/mol. The molecule has 0 spiro atoms. The highest BCUT2D eigenvalue weighted by molar-refractivity contribution is 7.33. The fourth-order valence-electron chi connectivity index (χ4n) is 0.438. The van der Waals surface area contributed by atoms with Gasteiger partial charge in [0, 0.05) is 0 Å². The second-order valence-electron chi connectivity index (χ2n) is 1.51. The average Bonchev–Trinajstić information content (AvgIpc) is 1.91. The van der Waals surface area contributed by atoms with Gasteiger partial charge in [-0.2, -0.15) is 0 Å². The minimum atomic E-state index is 0.517. The van der Waals surface area contributed by atoms with Gasteiger partial charge in [-0.15, -0.1) is 13.9 Å². The van der Waals surface area contributed by atoms with Gasteiger partial charge < -0.3 is 0 Å². The highest BCUT2D eigenvalue weighted by Gasteiger charge is 1.89. The number of hydrogen-bond donors (Lipinski definition) is 0. The lowest BCUT2D eigenvalue weighted by Crippen LogP contribution is -1.60. The molecule has 36 valence electrons. The third-order valence-corrected chi connectivity index (χ3v) is 1.93. The van der Waals surface area contributed by atoms with Crippen molar-refractivity contribution < 1.29 is 0 Å². The van der Waals surface area contributed by atoms with Gasteiger partial charge in [0.1, 0.15) is 5.42 Å². The molecule has 1 aromatic heterocycles. The molecule has 1 rings (SSSR count). The molecule has 0 amide bonds. The number of rotatable bonds is 0. The molecule has 0 bridgehead atoms. The average molecular weight is 111 g/mol. The smallest absolute Gasteiger partial charge is 0.104 e. The third-order valence-electron chi connectivity index (χ3n) is 0.927. The van der Waals surface area contributed by atoms with E-state index in [9.17, 15) is 0 Å². The van der Waals surface area contributed by atoms with Crippen LogP contribution in [-0.2, 0) is 0 Å². The van der Waals surface area contributed by atoms with E-state index in [0.717, 1.165) is 5.56 Å². The van der Waals surface area contributed by atoms with E-state index < -0.39 is 0 Å². The molecule has 0 fully saturated rings. The second kappa shape index (κ2) is 1.59. The normalized spacial score (nSPS) is 10.4. The van der Waals surface area contributed by atoms with Crippen LogP contribution >= 0.6 is 8.19 Å². The number of aryl methyl sites for hydroxylation is 1. The summed E-state index contributed by atoms with van der Waals surface area (Å²) < 4.78 is 0. The van der Waals surface area contributed by atoms with Crippen LogP contribution in [0.3, 0.4) is 0 Å². The zero-order chi connectivity index (χ0) is 5.28. The molecule has 1 unspecified atom stereocenters. The van der Waals surface area contributed by atoms with Gasteiger partial charge >= 0.3 is 0 Å². The molecule has 0 aliphatic carbocycles. The van der Waals surface area contributed by atoms with E-state index in [2.05, 4.69) is 0 Å². The molecule has 0 aliphatic rings. The summed E-state index contributed by atoms with van der Waals surface area (Å²) in [6, 6.07) is 1.94. The van der Waals surface area contributed by atoms with Crippen LogP contribution in [0.2, 0.25) is 0 Å². The monoisotopic (exact) mass is 111 g/mol. The van der Waals surface area contributed by atoms with Crippen molar-refractivity contribution in [2.24, 2.45) is 0 Å². The molecule has 1 heterocycles. The Kier molecular flexibility index (Phi) is 1.07.